The Bertz CT molecular complexity index is 919. The van der Waals surface area contributed by atoms with E-state index >= 15 is 0 Å². The first-order valence-corrected chi connectivity index (χ1v) is 10.4. The molecule has 4 rings (SSSR count). The number of ether oxygens (including phenoxy) is 2. The molecule has 1 aromatic carbocycles. The van der Waals surface area contributed by atoms with Crippen LogP contribution in [0.1, 0.15) is 48.3 Å². The Morgan fingerprint density at radius 3 is 2.87 bits per heavy atom. The average molecular weight is 413 g/mol. The number of fused-ring (bicyclic) bond motifs is 1. The van der Waals surface area contributed by atoms with Gasteiger partial charge in [-0.3, -0.25) is 9.59 Å². The molecule has 1 aromatic heterocycles. The maximum atomic E-state index is 12.5. The number of benzene rings is 1. The first-order valence-electron chi connectivity index (χ1n) is 10.4. The zero-order valence-corrected chi connectivity index (χ0v) is 17.4. The van der Waals surface area contributed by atoms with Gasteiger partial charge in [0.1, 0.15) is 5.76 Å². The van der Waals surface area contributed by atoms with Crippen LogP contribution in [0, 0.1) is 13.8 Å². The molecular formula is C22H27N3O5. The Morgan fingerprint density at radius 1 is 1.23 bits per heavy atom. The van der Waals surface area contributed by atoms with E-state index in [4.69, 9.17) is 14.0 Å². The van der Waals surface area contributed by atoms with E-state index in [1.807, 2.05) is 36.9 Å². The largest absolute Gasteiger partial charge is 0.454 e. The molecule has 2 amide bonds. The van der Waals surface area contributed by atoms with E-state index in [1.165, 1.54) is 0 Å². The third-order valence-corrected chi connectivity index (χ3v) is 5.78. The molecule has 8 nitrogen and oxygen atoms in total. The summed E-state index contributed by atoms with van der Waals surface area (Å²) in [5, 5.41) is 7.06. The molecule has 0 bridgehead atoms. The van der Waals surface area contributed by atoms with Crippen molar-refractivity contribution in [3.63, 3.8) is 0 Å². The van der Waals surface area contributed by atoms with Crippen molar-refractivity contribution in [1.82, 2.24) is 15.4 Å². The second-order valence-electron chi connectivity index (χ2n) is 7.90. The fraction of sp³-hybridized carbons (Fsp3) is 0.500. The fourth-order valence-electron chi connectivity index (χ4n) is 3.92. The minimum absolute atomic E-state index is 0.00397. The van der Waals surface area contributed by atoms with E-state index in [9.17, 15) is 9.59 Å². The first kappa shape index (κ1) is 20.3. The van der Waals surface area contributed by atoms with Gasteiger partial charge in [-0.15, -0.1) is 0 Å². The van der Waals surface area contributed by atoms with Gasteiger partial charge in [-0.25, -0.2) is 0 Å². The summed E-state index contributed by atoms with van der Waals surface area (Å²) >= 11 is 0. The van der Waals surface area contributed by atoms with Crippen LogP contribution in [0.15, 0.2) is 22.7 Å². The van der Waals surface area contributed by atoms with E-state index in [0.29, 0.717) is 38.8 Å². The van der Waals surface area contributed by atoms with Gasteiger partial charge in [-0.05, 0) is 50.8 Å². The number of nitrogens with zero attached hydrogens (tertiary/aromatic N) is 2. The smallest absolute Gasteiger partial charge is 0.231 e. The number of aryl methyl sites for hydroxylation is 3. The van der Waals surface area contributed by atoms with Crippen LogP contribution in [0.3, 0.4) is 0 Å². The second kappa shape index (κ2) is 8.77. The lowest BCUT2D eigenvalue weighted by molar-refractivity contribution is -0.131. The molecule has 1 N–H and O–H groups in total. The normalized spacial score (nSPS) is 18.4. The highest BCUT2D eigenvalue weighted by Gasteiger charge is 2.25. The minimum Gasteiger partial charge on any atom is -0.454 e. The van der Waals surface area contributed by atoms with E-state index in [0.717, 1.165) is 40.5 Å². The van der Waals surface area contributed by atoms with Crippen molar-refractivity contribution in [3.8, 4) is 11.5 Å². The predicted molar refractivity (Wildman–Crippen MR) is 108 cm³/mol. The molecule has 30 heavy (non-hydrogen) atoms. The Labute approximate surface area is 175 Å². The lowest BCUT2D eigenvalue weighted by Crippen LogP contribution is -2.36. The van der Waals surface area contributed by atoms with Crippen LogP contribution in [0.2, 0.25) is 0 Å². The quantitative estimate of drug-likeness (QED) is 0.783. The average Bonchev–Trinajstić information content (AvgIpc) is 3.28. The number of hydrogen-bond acceptors (Lipinski definition) is 6. The minimum atomic E-state index is 0.00397. The van der Waals surface area contributed by atoms with Crippen molar-refractivity contribution in [3.05, 3.63) is 40.8 Å². The predicted octanol–water partition coefficient (Wildman–Crippen LogP) is 2.65. The molecule has 0 spiro atoms. The summed E-state index contributed by atoms with van der Waals surface area (Å²) in [6, 6.07) is 5.76. The van der Waals surface area contributed by atoms with Crippen LogP contribution in [0.5, 0.6) is 11.5 Å². The van der Waals surface area contributed by atoms with Gasteiger partial charge in [-0.2, -0.15) is 0 Å². The van der Waals surface area contributed by atoms with Gasteiger partial charge in [0.15, 0.2) is 11.5 Å². The molecule has 2 aliphatic rings. The Morgan fingerprint density at radius 2 is 2.07 bits per heavy atom. The summed E-state index contributed by atoms with van der Waals surface area (Å²) in [5.41, 5.74) is 2.82. The van der Waals surface area contributed by atoms with Gasteiger partial charge in [0.05, 0.1) is 12.2 Å². The number of nitrogens with one attached hydrogen (secondary N) is 1. The molecule has 8 heteroatoms. The maximum absolute atomic E-state index is 12.5. The van der Waals surface area contributed by atoms with Crippen LogP contribution in [-0.4, -0.2) is 41.3 Å². The Hall–Kier alpha value is -3.03. The Balaban J connectivity index is 1.27. The highest BCUT2D eigenvalue weighted by Crippen LogP contribution is 2.32. The van der Waals surface area contributed by atoms with Crippen LogP contribution in [0.25, 0.3) is 0 Å². The van der Waals surface area contributed by atoms with Gasteiger partial charge >= 0.3 is 0 Å². The molecule has 2 aromatic rings. The van der Waals surface area contributed by atoms with Crippen molar-refractivity contribution >= 4 is 11.8 Å². The molecule has 0 saturated carbocycles. The van der Waals surface area contributed by atoms with E-state index in [1.54, 1.807) is 0 Å². The van der Waals surface area contributed by atoms with Crippen molar-refractivity contribution in [2.75, 3.05) is 13.3 Å². The zero-order chi connectivity index (χ0) is 21.1. The van der Waals surface area contributed by atoms with Crippen LogP contribution < -0.4 is 14.8 Å². The molecule has 0 radical (unpaired) electrons. The molecule has 1 saturated heterocycles. The van der Waals surface area contributed by atoms with Gasteiger partial charge in [0, 0.05) is 31.0 Å². The summed E-state index contributed by atoms with van der Waals surface area (Å²) in [4.78, 5) is 26.8. The number of aromatic nitrogens is 1. The van der Waals surface area contributed by atoms with Gasteiger partial charge in [0.2, 0.25) is 18.6 Å². The zero-order valence-electron chi connectivity index (χ0n) is 17.4. The molecule has 1 atom stereocenters. The molecule has 1 fully saturated rings. The van der Waals surface area contributed by atoms with Gasteiger partial charge in [0.25, 0.3) is 0 Å². The number of carbonyl (C=O) groups excluding carboxylic acids is 2. The van der Waals surface area contributed by atoms with Crippen LogP contribution in [-0.2, 0) is 22.6 Å². The van der Waals surface area contributed by atoms with E-state index in [2.05, 4.69) is 10.5 Å². The maximum Gasteiger partial charge on any atom is 0.231 e. The lowest BCUT2D eigenvalue weighted by atomic mass is 10.1. The van der Waals surface area contributed by atoms with Crippen LogP contribution >= 0.6 is 0 Å². The highest BCUT2D eigenvalue weighted by atomic mass is 16.7. The molecular weight excluding hydrogens is 386 g/mol. The summed E-state index contributed by atoms with van der Waals surface area (Å²) in [5.74, 6) is 2.33. The topological polar surface area (TPSA) is 93.9 Å². The number of carbonyl (C=O) groups is 2. The van der Waals surface area contributed by atoms with Crippen molar-refractivity contribution in [1.29, 1.82) is 0 Å². The first-order chi connectivity index (χ1) is 14.5. The van der Waals surface area contributed by atoms with Crippen molar-refractivity contribution in [2.24, 2.45) is 0 Å². The molecule has 0 aliphatic carbocycles. The standard InChI is InChI=1S/C22H27N3O5/c1-14-18(15(2)30-24-14)12-25-10-9-17(5-8-22(25)27)23-21(26)7-4-16-3-6-19-20(11-16)29-13-28-19/h3,6,11,17H,4-5,7-10,12-13H2,1-2H3,(H,23,26). The monoisotopic (exact) mass is 413 g/mol. The van der Waals surface area contributed by atoms with Crippen molar-refractivity contribution < 1.29 is 23.6 Å². The van der Waals surface area contributed by atoms with Crippen molar-refractivity contribution in [2.45, 2.75) is 58.5 Å². The summed E-state index contributed by atoms with van der Waals surface area (Å²) in [6.45, 7) is 5.10. The number of hydrogen-bond donors (Lipinski definition) is 1. The van der Waals surface area contributed by atoms with E-state index in [-0.39, 0.29) is 24.6 Å². The number of rotatable bonds is 6. The summed E-state index contributed by atoms with van der Waals surface area (Å²) < 4.78 is 15.9. The Kier molecular flexibility index (Phi) is 5.92. The van der Waals surface area contributed by atoms with E-state index < -0.39 is 0 Å². The number of amides is 2. The molecule has 1 unspecified atom stereocenters. The second-order valence-corrected chi connectivity index (χ2v) is 7.90. The summed E-state index contributed by atoms with van der Waals surface area (Å²) in [7, 11) is 0. The highest BCUT2D eigenvalue weighted by molar-refractivity contribution is 5.78. The number of likely N-dealkylation sites (tertiary alicyclic amines) is 1. The SMILES string of the molecule is Cc1noc(C)c1CN1CCC(NC(=O)CCc2ccc3c(c2)OCO3)CCC1=O. The fourth-order valence-corrected chi connectivity index (χ4v) is 3.92. The third-order valence-electron chi connectivity index (χ3n) is 5.78. The summed E-state index contributed by atoms with van der Waals surface area (Å²) in [6.07, 6.45) is 2.85. The molecule has 3 heterocycles. The molecule has 2 aliphatic heterocycles. The third kappa shape index (κ3) is 4.58. The van der Waals surface area contributed by atoms with Gasteiger partial charge < -0.3 is 24.2 Å². The van der Waals surface area contributed by atoms with Crippen LogP contribution in [0.4, 0.5) is 0 Å². The molecule has 160 valence electrons. The lowest BCUT2D eigenvalue weighted by Gasteiger charge is -2.21. The van der Waals surface area contributed by atoms with Gasteiger partial charge in [-0.1, -0.05) is 11.2 Å².